The van der Waals surface area contributed by atoms with E-state index in [-0.39, 0.29) is 25.4 Å². The molecule has 1 saturated heterocycles. The number of aryl methyl sites for hydroxylation is 2. The van der Waals surface area contributed by atoms with Crippen molar-refractivity contribution >= 4 is 51.1 Å². The van der Waals surface area contributed by atoms with Crippen molar-refractivity contribution in [2.45, 2.75) is 123 Å². The molecule has 4 atom stereocenters. The standard InChI is InChI=1S/C36H51N9O6S/c1-10-11-22(26(46)31(48)37-20-12-13-20)39-30(47)25-17-21(18-45(25)33(49)28(35(3,4)5)40-34(50)42-36(6,7)8)51-32-27-23(14-15-52-27)38-29(41-32)24-16-19(2)43-44(24)9/h14-16,20-22,25,28H,10-13,17-18H2,1-9H3,(H,37,48)(H,39,47)(H2,40,42,50)/t21-,22+,25?,28-/m1/s1. The highest BCUT2D eigenvalue weighted by Crippen LogP contribution is 2.34. The number of ketones is 1. The summed E-state index contributed by atoms with van der Waals surface area (Å²) in [6.45, 7) is 14.7. The summed E-state index contributed by atoms with van der Waals surface area (Å²) in [5.41, 5.74) is 0.863. The van der Waals surface area contributed by atoms with Gasteiger partial charge in [0.1, 0.15) is 28.6 Å². The minimum atomic E-state index is -1.08. The molecule has 2 aliphatic rings. The Morgan fingerprint density at radius 2 is 1.77 bits per heavy atom. The number of fused-ring (bicyclic) bond motifs is 1. The Morgan fingerprint density at radius 3 is 2.37 bits per heavy atom. The van der Waals surface area contributed by atoms with Gasteiger partial charge in [0.25, 0.3) is 5.91 Å². The lowest BCUT2D eigenvalue weighted by molar-refractivity contribution is -0.144. The van der Waals surface area contributed by atoms with E-state index in [2.05, 4.69) is 26.4 Å². The molecule has 16 heteroatoms. The van der Waals surface area contributed by atoms with Crippen LogP contribution in [0.3, 0.4) is 0 Å². The van der Waals surface area contributed by atoms with Crippen LogP contribution in [-0.2, 0) is 26.2 Å². The Morgan fingerprint density at radius 1 is 1.06 bits per heavy atom. The molecule has 4 heterocycles. The Labute approximate surface area is 308 Å². The first kappa shape index (κ1) is 38.6. The fourth-order valence-electron chi connectivity index (χ4n) is 6.17. The zero-order valence-electron chi connectivity index (χ0n) is 31.5. The van der Waals surface area contributed by atoms with Gasteiger partial charge < -0.3 is 30.9 Å². The lowest BCUT2D eigenvalue weighted by Gasteiger charge is -2.36. The minimum Gasteiger partial charge on any atom is -0.471 e. The van der Waals surface area contributed by atoms with E-state index in [9.17, 15) is 24.0 Å². The number of nitrogens with one attached hydrogen (secondary N) is 4. The molecule has 5 amide bonds. The molecule has 282 valence electrons. The molecule has 1 saturated carbocycles. The van der Waals surface area contributed by atoms with Gasteiger partial charge in [-0.25, -0.2) is 9.78 Å². The van der Waals surface area contributed by atoms with Crippen molar-refractivity contribution in [2.75, 3.05) is 6.54 Å². The van der Waals surface area contributed by atoms with E-state index in [1.54, 1.807) is 11.7 Å². The number of nitrogens with zero attached hydrogens (tertiary/aromatic N) is 5. The van der Waals surface area contributed by atoms with E-state index in [0.717, 1.165) is 18.5 Å². The van der Waals surface area contributed by atoms with Crippen molar-refractivity contribution in [1.82, 2.24) is 45.9 Å². The van der Waals surface area contributed by atoms with Crippen LogP contribution in [0.2, 0.25) is 0 Å². The molecular weight excluding hydrogens is 687 g/mol. The highest BCUT2D eigenvalue weighted by Gasteiger charge is 2.47. The molecule has 4 N–H and O–H groups in total. The second-order valence-corrected chi connectivity index (χ2v) is 16.8. The summed E-state index contributed by atoms with van der Waals surface area (Å²) in [5.74, 6) is -1.81. The zero-order chi connectivity index (χ0) is 38.1. The van der Waals surface area contributed by atoms with Crippen molar-refractivity contribution in [3.8, 4) is 17.4 Å². The van der Waals surface area contributed by atoms with Crippen LogP contribution in [-0.4, -0.2) is 96.5 Å². The molecular formula is C36H51N9O6S. The quantitative estimate of drug-likeness (QED) is 0.202. The second kappa shape index (κ2) is 15.2. The number of carbonyl (C=O) groups is 5. The van der Waals surface area contributed by atoms with Crippen LogP contribution in [0.25, 0.3) is 21.7 Å². The van der Waals surface area contributed by atoms with E-state index in [4.69, 9.17) is 14.7 Å². The molecule has 1 aliphatic carbocycles. The molecule has 15 nitrogen and oxygen atoms in total. The number of thiophene rings is 1. The number of Topliss-reactive ketones (excluding diaryl/α,β-unsaturated/α-hetero) is 1. The number of urea groups is 1. The van der Waals surface area contributed by atoms with Crippen LogP contribution in [0.1, 0.15) is 86.3 Å². The van der Waals surface area contributed by atoms with Gasteiger partial charge in [0.2, 0.25) is 23.5 Å². The van der Waals surface area contributed by atoms with E-state index in [1.165, 1.54) is 16.2 Å². The fraction of sp³-hybridized carbons (Fsp3) is 0.611. The second-order valence-electron chi connectivity index (χ2n) is 15.9. The van der Waals surface area contributed by atoms with E-state index in [0.29, 0.717) is 34.0 Å². The molecule has 2 fully saturated rings. The predicted molar refractivity (Wildman–Crippen MR) is 197 cm³/mol. The van der Waals surface area contributed by atoms with E-state index in [1.807, 2.05) is 72.9 Å². The van der Waals surface area contributed by atoms with Crippen LogP contribution < -0.4 is 26.0 Å². The molecule has 0 radical (unpaired) electrons. The summed E-state index contributed by atoms with van der Waals surface area (Å²) in [5, 5.41) is 17.5. The molecule has 52 heavy (non-hydrogen) atoms. The summed E-state index contributed by atoms with van der Waals surface area (Å²) in [6, 6.07) is 0.0307. The molecule has 1 unspecified atom stereocenters. The summed E-state index contributed by atoms with van der Waals surface area (Å²) >= 11 is 1.41. The largest absolute Gasteiger partial charge is 0.471 e. The average Bonchev–Trinajstić information content (AvgIpc) is 3.38. The highest BCUT2D eigenvalue weighted by atomic mass is 32.1. The molecule has 1 aliphatic heterocycles. The van der Waals surface area contributed by atoms with Gasteiger partial charge in [-0.15, -0.1) is 11.3 Å². The number of aromatic nitrogens is 4. The number of ether oxygens (including phenoxy) is 1. The van der Waals surface area contributed by atoms with Crippen LogP contribution in [0.15, 0.2) is 17.5 Å². The first-order valence-electron chi connectivity index (χ1n) is 17.8. The number of carbonyl (C=O) groups excluding carboxylic acids is 5. The third-order valence-electron chi connectivity index (χ3n) is 8.85. The van der Waals surface area contributed by atoms with Crippen LogP contribution >= 0.6 is 11.3 Å². The fourth-order valence-corrected chi connectivity index (χ4v) is 6.94. The van der Waals surface area contributed by atoms with Gasteiger partial charge in [-0.1, -0.05) is 34.1 Å². The third kappa shape index (κ3) is 9.24. The summed E-state index contributed by atoms with van der Waals surface area (Å²) in [6.07, 6.45) is 1.79. The lowest BCUT2D eigenvalue weighted by atomic mass is 9.85. The third-order valence-corrected chi connectivity index (χ3v) is 9.75. The van der Waals surface area contributed by atoms with Crippen molar-refractivity contribution in [2.24, 2.45) is 12.5 Å². The predicted octanol–water partition coefficient (Wildman–Crippen LogP) is 3.39. The van der Waals surface area contributed by atoms with Gasteiger partial charge in [0, 0.05) is 25.0 Å². The summed E-state index contributed by atoms with van der Waals surface area (Å²) in [7, 11) is 1.81. The maximum absolute atomic E-state index is 14.5. The SMILES string of the molecule is CCC[C@H](NC(=O)C1C[C@@H](Oc2nc(-c3cc(C)nn3C)nc3ccsc23)CN1C(=O)[C@@H](NC(=O)NC(C)(C)C)C(C)(C)C)C(=O)C(=O)NC1CC1. The summed E-state index contributed by atoms with van der Waals surface area (Å²) in [4.78, 5) is 78.6. The van der Waals surface area contributed by atoms with Gasteiger partial charge in [-0.05, 0) is 69.9 Å². The lowest BCUT2D eigenvalue weighted by Crippen LogP contribution is -2.61. The van der Waals surface area contributed by atoms with Crippen LogP contribution in [0.5, 0.6) is 5.88 Å². The Bertz CT molecular complexity index is 1840. The topological polar surface area (TPSA) is 190 Å². The summed E-state index contributed by atoms with van der Waals surface area (Å²) < 4.78 is 8.94. The number of likely N-dealkylation sites (tertiary alicyclic amines) is 1. The smallest absolute Gasteiger partial charge is 0.315 e. The van der Waals surface area contributed by atoms with Crippen molar-refractivity contribution in [3.05, 3.63) is 23.2 Å². The van der Waals surface area contributed by atoms with Crippen molar-refractivity contribution < 1.29 is 28.7 Å². The van der Waals surface area contributed by atoms with Gasteiger partial charge in [0.05, 0.1) is 23.8 Å². The minimum absolute atomic E-state index is 0.00233. The molecule has 3 aromatic heterocycles. The molecule has 5 rings (SSSR count). The van der Waals surface area contributed by atoms with Gasteiger partial charge in [-0.3, -0.25) is 23.9 Å². The monoisotopic (exact) mass is 737 g/mol. The number of amides is 5. The van der Waals surface area contributed by atoms with E-state index >= 15 is 0 Å². The van der Waals surface area contributed by atoms with Crippen LogP contribution in [0.4, 0.5) is 4.79 Å². The maximum Gasteiger partial charge on any atom is 0.315 e. The van der Waals surface area contributed by atoms with Gasteiger partial charge in [-0.2, -0.15) is 10.1 Å². The zero-order valence-corrected chi connectivity index (χ0v) is 32.3. The number of rotatable bonds is 12. The maximum atomic E-state index is 14.5. The average molecular weight is 738 g/mol. The number of hydrogen-bond donors (Lipinski definition) is 4. The van der Waals surface area contributed by atoms with E-state index < -0.39 is 64.7 Å². The number of hydrogen-bond acceptors (Lipinski definition) is 10. The molecule has 3 aromatic rings. The van der Waals surface area contributed by atoms with Crippen molar-refractivity contribution in [1.29, 1.82) is 0 Å². The van der Waals surface area contributed by atoms with Gasteiger partial charge >= 0.3 is 6.03 Å². The van der Waals surface area contributed by atoms with Crippen LogP contribution in [0, 0.1) is 12.3 Å². The molecule has 0 spiro atoms. The first-order chi connectivity index (χ1) is 24.3. The first-order valence-corrected chi connectivity index (χ1v) is 18.7. The highest BCUT2D eigenvalue weighted by molar-refractivity contribution is 7.17. The molecule has 0 bridgehead atoms. The Balaban J connectivity index is 1.46. The van der Waals surface area contributed by atoms with Crippen molar-refractivity contribution in [3.63, 3.8) is 0 Å². The Hall–Kier alpha value is -4.60. The normalized spacial score (nSPS) is 18.8. The molecule has 0 aromatic carbocycles. The van der Waals surface area contributed by atoms with Gasteiger partial charge in [0.15, 0.2) is 5.82 Å². The Kier molecular flexibility index (Phi) is 11.3.